The lowest BCUT2D eigenvalue weighted by Crippen LogP contribution is -2.31. The lowest BCUT2D eigenvalue weighted by atomic mass is 9.75. The number of aromatic nitrogens is 5. The Kier molecular flexibility index (Phi) is 5.32. The van der Waals surface area contributed by atoms with Gasteiger partial charge in [-0.2, -0.15) is 15.3 Å². The molecule has 1 aliphatic rings. The number of nitrogens with zero attached hydrogens (tertiary/aromatic N) is 6. The predicted octanol–water partition coefficient (Wildman–Crippen LogP) is 3.30. The summed E-state index contributed by atoms with van der Waals surface area (Å²) in [5.41, 5.74) is 3.48. The number of carbonyl (C=O) groups is 1. The summed E-state index contributed by atoms with van der Waals surface area (Å²) in [5, 5.41) is 24.4. The Morgan fingerprint density at radius 2 is 2.03 bits per heavy atom. The third kappa shape index (κ3) is 3.69. The quantitative estimate of drug-likeness (QED) is 0.471. The number of rotatable bonds is 5. The molecule has 4 heterocycles. The summed E-state index contributed by atoms with van der Waals surface area (Å²) in [6.45, 7) is 2.02. The van der Waals surface area contributed by atoms with Gasteiger partial charge in [0, 0.05) is 31.0 Å². The van der Waals surface area contributed by atoms with E-state index >= 15 is 0 Å². The highest BCUT2D eigenvalue weighted by atomic mass is 16.5. The van der Waals surface area contributed by atoms with Crippen LogP contribution in [0.1, 0.15) is 43.0 Å². The molecule has 1 amide bonds. The number of anilines is 1. The minimum atomic E-state index is -0.246. The maximum atomic E-state index is 12.2. The van der Waals surface area contributed by atoms with Crippen molar-refractivity contribution in [1.29, 1.82) is 5.26 Å². The fraction of sp³-hybridized carbons (Fsp3) is 0.375. The van der Waals surface area contributed by atoms with Crippen LogP contribution in [0.5, 0.6) is 5.88 Å². The molecule has 10 heteroatoms. The van der Waals surface area contributed by atoms with E-state index in [0.29, 0.717) is 22.9 Å². The van der Waals surface area contributed by atoms with E-state index in [9.17, 15) is 10.1 Å². The van der Waals surface area contributed by atoms with Gasteiger partial charge in [0.25, 0.3) is 5.91 Å². The molecule has 0 aliphatic heterocycles. The number of hydrogen-bond acceptors (Lipinski definition) is 7. The molecule has 0 aromatic carbocycles. The molecule has 0 bridgehead atoms. The van der Waals surface area contributed by atoms with Crippen molar-refractivity contribution >= 4 is 22.9 Å². The van der Waals surface area contributed by atoms with E-state index in [-0.39, 0.29) is 17.4 Å². The van der Waals surface area contributed by atoms with Gasteiger partial charge in [0.1, 0.15) is 5.52 Å². The number of nitriles is 1. The lowest BCUT2D eigenvalue weighted by molar-refractivity contribution is 0.0964. The van der Waals surface area contributed by atoms with E-state index in [4.69, 9.17) is 4.74 Å². The second-order valence-corrected chi connectivity index (χ2v) is 8.94. The summed E-state index contributed by atoms with van der Waals surface area (Å²) in [4.78, 5) is 16.8. The molecule has 0 spiro atoms. The van der Waals surface area contributed by atoms with Gasteiger partial charge in [0.2, 0.25) is 11.8 Å². The van der Waals surface area contributed by atoms with Crippen molar-refractivity contribution in [2.24, 2.45) is 5.41 Å². The van der Waals surface area contributed by atoms with Gasteiger partial charge in [0.05, 0.1) is 35.9 Å². The Bertz CT molecular complexity index is 1420. The van der Waals surface area contributed by atoms with Gasteiger partial charge >= 0.3 is 0 Å². The topological polar surface area (TPSA) is 122 Å². The molecular weight excluding hydrogens is 432 g/mol. The van der Waals surface area contributed by atoms with Crippen LogP contribution in [0.15, 0.2) is 36.8 Å². The zero-order chi connectivity index (χ0) is 23.9. The van der Waals surface area contributed by atoms with Crippen LogP contribution >= 0.6 is 0 Å². The first-order valence-electron chi connectivity index (χ1n) is 11.3. The molecule has 0 unspecified atom stereocenters. The standard InChI is InChI=1S/C24H26N8O2/c1-24(14-25)8-4-16(5-9-24)28-23-29-22(34-3)20-17(7-11-32(20)30-23)15-6-10-31-19(12-15)18(13-27-31)21(33)26-2/h6-7,10-13,16H,4-5,8-9H2,1-3H3,(H,26,33)(H,28,30). The van der Waals surface area contributed by atoms with Crippen molar-refractivity contribution in [3.63, 3.8) is 0 Å². The molecule has 0 atom stereocenters. The van der Waals surface area contributed by atoms with E-state index in [1.807, 2.05) is 37.5 Å². The SMILES string of the molecule is CNC(=O)c1cnn2ccc(-c3ccn4nc(NC5CCC(C)(C#N)CC5)nc(OC)c34)cc12. The van der Waals surface area contributed by atoms with Crippen LogP contribution in [-0.4, -0.2) is 50.3 Å². The molecule has 1 saturated carbocycles. The molecule has 4 aromatic rings. The van der Waals surface area contributed by atoms with E-state index in [2.05, 4.69) is 31.9 Å². The smallest absolute Gasteiger partial charge is 0.254 e. The Morgan fingerprint density at radius 3 is 2.74 bits per heavy atom. The second kappa shape index (κ2) is 8.33. The van der Waals surface area contributed by atoms with E-state index < -0.39 is 0 Å². The number of methoxy groups -OCH3 is 1. The highest BCUT2D eigenvalue weighted by molar-refractivity contribution is 6.01. The molecule has 174 valence electrons. The van der Waals surface area contributed by atoms with Gasteiger partial charge in [-0.1, -0.05) is 0 Å². The summed E-state index contributed by atoms with van der Waals surface area (Å²) < 4.78 is 9.07. The summed E-state index contributed by atoms with van der Waals surface area (Å²) in [6.07, 6.45) is 8.73. The molecule has 10 nitrogen and oxygen atoms in total. The van der Waals surface area contributed by atoms with Crippen molar-refractivity contribution in [3.05, 3.63) is 42.4 Å². The number of ether oxygens (including phenoxy) is 1. The van der Waals surface area contributed by atoms with Gasteiger partial charge in [-0.25, -0.2) is 9.03 Å². The number of hydrogen-bond donors (Lipinski definition) is 2. The van der Waals surface area contributed by atoms with Crippen LogP contribution in [0, 0.1) is 16.7 Å². The first-order valence-corrected chi connectivity index (χ1v) is 11.3. The third-order valence-electron chi connectivity index (χ3n) is 6.67. The van der Waals surface area contributed by atoms with Gasteiger partial charge in [0.15, 0.2) is 0 Å². The fourth-order valence-corrected chi connectivity index (χ4v) is 4.58. The molecule has 5 rings (SSSR count). The average molecular weight is 459 g/mol. The highest BCUT2D eigenvalue weighted by Gasteiger charge is 2.31. The van der Waals surface area contributed by atoms with Gasteiger partial charge in [-0.15, -0.1) is 5.10 Å². The van der Waals surface area contributed by atoms with Crippen molar-refractivity contribution in [1.82, 2.24) is 29.5 Å². The van der Waals surface area contributed by atoms with Crippen molar-refractivity contribution in [2.75, 3.05) is 19.5 Å². The van der Waals surface area contributed by atoms with E-state index in [1.165, 1.54) is 0 Å². The van der Waals surface area contributed by atoms with E-state index in [0.717, 1.165) is 42.3 Å². The second-order valence-electron chi connectivity index (χ2n) is 8.94. The Balaban J connectivity index is 1.49. The number of amides is 1. The number of pyridine rings is 1. The largest absolute Gasteiger partial charge is 0.479 e. The zero-order valence-electron chi connectivity index (χ0n) is 19.4. The normalized spacial score (nSPS) is 20.2. The summed E-state index contributed by atoms with van der Waals surface area (Å²) in [6, 6.07) is 8.46. The molecule has 0 saturated heterocycles. The average Bonchev–Trinajstić information content (AvgIpc) is 3.48. The van der Waals surface area contributed by atoms with Crippen molar-refractivity contribution in [2.45, 2.75) is 38.6 Å². The van der Waals surface area contributed by atoms with Gasteiger partial charge in [-0.3, -0.25) is 4.79 Å². The van der Waals surface area contributed by atoms with Crippen molar-refractivity contribution in [3.8, 4) is 23.1 Å². The Morgan fingerprint density at radius 1 is 1.26 bits per heavy atom. The minimum Gasteiger partial charge on any atom is -0.479 e. The van der Waals surface area contributed by atoms with Crippen LogP contribution in [0.25, 0.3) is 22.2 Å². The first-order chi connectivity index (χ1) is 16.4. The Hall–Kier alpha value is -4.13. The lowest BCUT2D eigenvalue weighted by Gasteiger charge is -2.32. The van der Waals surface area contributed by atoms with Gasteiger partial charge < -0.3 is 15.4 Å². The molecule has 0 radical (unpaired) electrons. The number of carbonyl (C=O) groups excluding carboxylic acids is 1. The minimum absolute atomic E-state index is 0.191. The first kappa shape index (κ1) is 21.7. The number of nitrogens with one attached hydrogen (secondary N) is 2. The number of fused-ring (bicyclic) bond motifs is 2. The van der Waals surface area contributed by atoms with Crippen LogP contribution in [0.4, 0.5) is 5.95 Å². The molecule has 1 aliphatic carbocycles. The monoisotopic (exact) mass is 458 g/mol. The molecular formula is C24H26N8O2. The van der Waals surface area contributed by atoms with Gasteiger partial charge in [-0.05, 0) is 56.4 Å². The van der Waals surface area contributed by atoms with Crippen LogP contribution in [0.3, 0.4) is 0 Å². The molecule has 1 fully saturated rings. The fourth-order valence-electron chi connectivity index (χ4n) is 4.58. The van der Waals surface area contributed by atoms with Crippen molar-refractivity contribution < 1.29 is 9.53 Å². The summed E-state index contributed by atoms with van der Waals surface area (Å²) in [5.74, 6) is 0.753. The Labute approximate surface area is 196 Å². The summed E-state index contributed by atoms with van der Waals surface area (Å²) >= 11 is 0. The molecule has 34 heavy (non-hydrogen) atoms. The maximum Gasteiger partial charge on any atom is 0.254 e. The predicted molar refractivity (Wildman–Crippen MR) is 127 cm³/mol. The highest BCUT2D eigenvalue weighted by Crippen LogP contribution is 2.36. The zero-order valence-corrected chi connectivity index (χ0v) is 19.4. The van der Waals surface area contributed by atoms with Crippen LogP contribution < -0.4 is 15.4 Å². The van der Waals surface area contributed by atoms with E-state index in [1.54, 1.807) is 29.4 Å². The molecule has 4 aromatic heterocycles. The maximum absolute atomic E-state index is 12.2. The van der Waals surface area contributed by atoms with Crippen LogP contribution in [0.2, 0.25) is 0 Å². The summed E-state index contributed by atoms with van der Waals surface area (Å²) in [7, 11) is 3.19. The molecule has 2 N–H and O–H groups in total. The third-order valence-corrected chi connectivity index (χ3v) is 6.67. The van der Waals surface area contributed by atoms with Crippen LogP contribution in [-0.2, 0) is 0 Å².